The second kappa shape index (κ2) is 5.55. The lowest BCUT2D eigenvalue weighted by molar-refractivity contribution is 0.602. The quantitative estimate of drug-likeness (QED) is 0.763. The molecule has 5 heteroatoms. The molecule has 0 spiro atoms. The van der Waals surface area contributed by atoms with Gasteiger partial charge in [0.15, 0.2) is 9.84 Å². The molecule has 0 bridgehead atoms. The van der Waals surface area contributed by atoms with E-state index in [1.54, 1.807) is 12.1 Å². The number of benzene rings is 1. The summed E-state index contributed by atoms with van der Waals surface area (Å²) < 4.78 is 22.5. The molecule has 0 fully saturated rings. The third kappa shape index (κ3) is 3.68. The zero-order valence-corrected chi connectivity index (χ0v) is 11.1. The maximum absolute atomic E-state index is 11.3. The van der Waals surface area contributed by atoms with Crippen molar-refractivity contribution in [2.24, 2.45) is 0 Å². The van der Waals surface area contributed by atoms with Gasteiger partial charge < -0.3 is 4.90 Å². The van der Waals surface area contributed by atoms with Crippen LogP contribution in [0.1, 0.15) is 6.42 Å². The lowest BCUT2D eigenvalue weighted by Crippen LogP contribution is -2.18. The Labute approximate surface area is 102 Å². The Kier molecular flexibility index (Phi) is 4.62. The van der Waals surface area contributed by atoms with E-state index in [-0.39, 0.29) is 0 Å². The zero-order chi connectivity index (χ0) is 12.2. The van der Waals surface area contributed by atoms with Crippen molar-refractivity contribution >= 4 is 27.1 Å². The van der Waals surface area contributed by atoms with Gasteiger partial charge >= 0.3 is 0 Å². The molecule has 0 aliphatic heterocycles. The molecule has 0 radical (unpaired) electrons. The average Bonchev–Trinajstić information content (AvgIpc) is 2.25. The first-order chi connectivity index (χ1) is 7.45. The van der Waals surface area contributed by atoms with Crippen molar-refractivity contribution in [1.82, 2.24) is 0 Å². The normalized spacial score (nSPS) is 11.4. The minimum Gasteiger partial charge on any atom is -0.375 e. The van der Waals surface area contributed by atoms with Crippen molar-refractivity contribution < 1.29 is 8.42 Å². The van der Waals surface area contributed by atoms with E-state index in [1.165, 1.54) is 6.26 Å². The molecule has 0 heterocycles. The summed E-state index contributed by atoms with van der Waals surface area (Å²) in [5, 5.41) is 0. The fraction of sp³-hybridized carbons (Fsp3) is 0.455. The van der Waals surface area contributed by atoms with E-state index < -0.39 is 9.84 Å². The lowest BCUT2D eigenvalue weighted by Gasteiger charge is -2.18. The van der Waals surface area contributed by atoms with Crippen molar-refractivity contribution in [3.63, 3.8) is 0 Å². The highest BCUT2D eigenvalue weighted by Gasteiger charge is 2.07. The Morgan fingerprint density at radius 1 is 1.25 bits per heavy atom. The third-order valence-electron chi connectivity index (χ3n) is 2.33. The molecule has 0 saturated carbocycles. The van der Waals surface area contributed by atoms with Gasteiger partial charge in [0.1, 0.15) is 0 Å². The van der Waals surface area contributed by atoms with Crippen LogP contribution >= 0.6 is 11.6 Å². The Morgan fingerprint density at radius 2 is 1.81 bits per heavy atom. The summed E-state index contributed by atoms with van der Waals surface area (Å²) in [7, 11) is -1.14. The summed E-state index contributed by atoms with van der Waals surface area (Å²) in [6.45, 7) is 0.863. The second-order valence-electron chi connectivity index (χ2n) is 3.73. The second-order valence-corrected chi connectivity index (χ2v) is 6.12. The Balaban J connectivity index is 2.79. The van der Waals surface area contributed by atoms with Gasteiger partial charge in [-0.1, -0.05) is 0 Å². The van der Waals surface area contributed by atoms with Crippen LogP contribution in [0.3, 0.4) is 0 Å². The van der Waals surface area contributed by atoms with E-state index in [4.69, 9.17) is 11.6 Å². The topological polar surface area (TPSA) is 37.4 Å². The molecular formula is C11H16ClNO2S. The number of halogens is 1. The highest BCUT2D eigenvalue weighted by atomic mass is 35.5. The van der Waals surface area contributed by atoms with E-state index in [9.17, 15) is 8.42 Å². The number of nitrogens with zero attached hydrogens (tertiary/aromatic N) is 1. The van der Waals surface area contributed by atoms with Crippen LogP contribution in [-0.2, 0) is 9.84 Å². The summed E-state index contributed by atoms with van der Waals surface area (Å²) >= 11 is 5.61. The standard InChI is InChI=1S/C11H16ClNO2S/c1-13(9-3-8-12)10-4-6-11(7-5-10)16(2,14)15/h4-7H,3,8-9H2,1-2H3. The van der Waals surface area contributed by atoms with Gasteiger partial charge in [-0.2, -0.15) is 0 Å². The molecule has 3 nitrogen and oxygen atoms in total. The molecule has 0 aliphatic rings. The highest BCUT2D eigenvalue weighted by molar-refractivity contribution is 7.90. The van der Waals surface area contributed by atoms with Crippen molar-refractivity contribution in [1.29, 1.82) is 0 Å². The number of sulfone groups is 1. The van der Waals surface area contributed by atoms with Crippen LogP contribution in [0, 0.1) is 0 Å². The van der Waals surface area contributed by atoms with Gasteiger partial charge in [0.25, 0.3) is 0 Å². The SMILES string of the molecule is CN(CCCCl)c1ccc(S(C)(=O)=O)cc1. The van der Waals surface area contributed by atoms with E-state index in [2.05, 4.69) is 4.90 Å². The van der Waals surface area contributed by atoms with Gasteiger partial charge in [0.2, 0.25) is 0 Å². The van der Waals surface area contributed by atoms with Crippen LogP contribution in [0.15, 0.2) is 29.2 Å². The summed E-state index contributed by atoms with van der Waals surface area (Å²) in [5.74, 6) is 0.631. The summed E-state index contributed by atoms with van der Waals surface area (Å²) in [4.78, 5) is 2.40. The highest BCUT2D eigenvalue weighted by Crippen LogP contribution is 2.17. The minimum atomic E-state index is -3.10. The molecule has 0 unspecified atom stereocenters. The molecule has 0 aromatic heterocycles. The van der Waals surface area contributed by atoms with Crippen LogP contribution in [-0.4, -0.2) is 34.1 Å². The fourth-order valence-electron chi connectivity index (χ4n) is 1.37. The van der Waals surface area contributed by atoms with Crippen molar-refractivity contribution in [2.45, 2.75) is 11.3 Å². The van der Waals surface area contributed by atoms with Gasteiger partial charge in [0.05, 0.1) is 4.90 Å². The van der Waals surface area contributed by atoms with Crippen molar-refractivity contribution in [2.75, 3.05) is 30.6 Å². The smallest absolute Gasteiger partial charge is 0.175 e. The molecule has 1 aromatic rings. The summed E-state index contributed by atoms with van der Waals surface area (Å²) in [5.41, 5.74) is 0.998. The van der Waals surface area contributed by atoms with E-state index in [1.807, 2.05) is 19.2 Å². The van der Waals surface area contributed by atoms with Gasteiger partial charge in [0, 0.05) is 31.4 Å². The van der Waals surface area contributed by atoms with Crippen molar-refractivity contribution in [3.05, 3.63) is 24.3 Å². The molecule has 1 aromatic carbocycles. The first-order valence-electron chi connectivity index (χ1n) is 5.02. The molecule has 0 atom stereocenters. The largest absolute Gasteiger partial charge is 0.375 e. The number of alkyl halides is 1. The maximum Gasteiger partial charge on any atom is 0.175 e. The van der Waals surface area contributed by atoms with E-state index in [0.717, 1.165) is 18.7 Å². The van der Waals surface area contributed by atoms with E-state index in [0.29, 0.717) is 10.8 Å². The number of hydrogen-bond acceptors (Lipinski definition) is 3. The predicted octanol–water partition coefficient (Wildman–Crippen LogP) is 2.16. The van der Waals surface area contributed by atoms with Crippen LogP contribution in [0.2, 0.25) is 0 Å². The average molecular weight is 262 g/mol. The molecule has 0 amide bonds. The molecule has 90 valence electrons. The molecule has 1 rings (SSSR count). The van der Waals surface area contributed by atoms with Crippen LogP contribution in [0.25, 0.3) is 0 Å². The Morgan fingerprint density at radius 3 is 2.25 bits per heavy atom. The molecular weight excluding hydrogens is 246 g/mol. The number of hydrogen-bond donors (Lipinski definition) is 0. The van der Waals surface area contributed by atoms with Crippen molar-refractivity contribution in [3.8, 4) is 0 Å². The first-order valence-corrected chi connectivity index (χ1v) is 7.45. The Hall–Kier alpha value is -0.740. The Bertz CT molecular complexity index is 428. The molecule has 0 aliphatic carbocycles. The minimum absolute atomic E-state index is 0.349. The van der Waals surface area contributed by atoms with Gasteiger partial charge in [-0.25, -0.2) is 8.42 Å². The van der Waals surface area contributed by atoms with Crippen LogP contribution in [0.5, 0.6) is 0 Å². The van der Waals surface area contributed by atoms with Crippen LogP contribution in [0.4, 0.5) is 5.69 Å². The summed E-state index contributed by atoms with van der Waals surface area (Å²) in [6, 6.07) is 6.87. The molecule has 16 heavy (non-hydrogen) atoms. The fourth-order valence-corrected chi connectivity index (χ4v) is 2.12. The van der Waals surface area contributed by atoms with Crippen LogP contribution < -0.4 is 4.90 Å². The first kappa shape index (κ1) is 13.3. The van der Waals surface area contributed by atoms with Gasteiger partial charge in [-0.3, -0.25) is 0 Å². The number of rotatable bonds is 5. The van der Waals surface area contributed by atoms with Gasteiger partial charge in [-0.05, 0) is 30.7 Å². The molecule has 0 saturated heterocycles. The molecule has 0 N–H and O–H groups in total. The lowest BCUT2D eigenvalue weighted by atomic mass is 10.3. The zero-order valence-electron chi connectivity index (χ0n) is 9.48. The third-order valence-corrected chi connectivity index (χ3v) is 3.73. The number of anilines is 1. The predicted molar refractivity (Wildman–Crippen MR) is 68.2 cm³/mol. The van der Waals surface area contributed by atoms with Gasteiger partial charge in [-0.15, -0.1) is 11.6 Å². The summed E-state index contributed by atoms with van der Waals surface area (Å²) in [6.07, 6.45) is 2.12. The van der Waals surface area contributed by atoms with E-state index >= 15 is 0 Å². The maximum atomic E-state index is 11.3. The monoisotopic (exact) mass is 261 g/mol.